The van der Waals surface area contributed by atoms with Crippen LogP contribution in [0.1, 0.15) is 6.42 Å². The zero-order chi connectivity index (χ0) is 10.8. The van der Waals surface area contributed by atoms with Gasteiger partial charge >= 0.3 is 0 Å². The van der Waals surface area contributed by atoms with E-state index in [1.807, 2.05) is 0 Å². The summed E-state index contributed by atoms with van der Waals surface area (Å²) in [5, 5.41) is 9.57. The molecule has 1 N–H and O–H groups in total. The number of nitrogens with zero attached hydrogens (tertiary/aromatic N) is 2. The third-order valence-electron chi connectivity index (χ3n) is 2.49. The van der Waals surface area contributed by atoms with E-state index < -0.39 is 0 Å². The highest BCUT2D eigenvalue weighted by atomic mass is 32.1. The van der Waals surface area contributed by atoms with Crippen LogP contribution < -0.4 is 4.90 Å². The smallest absolute Gasteiger partial charge is 0.228 e. The maximum absolute atomic E-state index is 11.6. The van der Waals surface area contributed by atoms with Gasteiger partial charge in [-0.1, -0.05) is 0 Å². The van der Waals surface area contributed by atoms with E-state index in [9.17, 15) is 9.90 Å². The summed E-state index contributed by atoms with van der Waals surface area (Å²) in [7, 11) is 0. The molecule has 1 unspecified atom stereocenters. The molecule has 4 nitrogen and oxygen atoms in total. The Bertz CT molecular complexity index is 383. The van der Waals surface area contributed by atoms with Crippen molar-refractivity contribution >= 4 is 24.4 Å². The molecule has 1 fully saturated rings. The summed E-state index contributed by atoms with van der Waals surface area (Å²) in [6.45, 7) is 0.590. The molecule has 1 aromatic heterocycles. The van der Waals surface area contributed by atoms with Gasteiger partial charge in [0.05, 0.1) is 0 Å². The Labute approximate surface area is 93.3 Å². The molecular formula is C10H12N2O2S. The molecule has 1 saturated heterocycles. The van der Waals surface area contributed by atoms with Crippen LogP contribution in [0.15, 0.2) is 18.3 Å². The van der Waals surface area contributed by atoms with E-state index in [2.05, 4.69) is 17.6 Å². The molecule has 2 rings (SSSR count). The van der Waals surface area contributed by atoms with E-state index in [0.29, 0.717) is 24.5 Å². The molecule has 2 heterocycles. The van der Waals surface area contributed by atoms with Gasteiger partial charge in [-0.2, -0.15) is 12.6 Å². The van der Waals surface area contributed by atoms with Gasteiger partial charge in [-0.15, -0.1) is 0 Å². The predicted octanol–water partition coefficient (Wildman–Crippen LogP) is 1.07. The minimum absolute atomic E-state index is 0.00282. The van der Waals surface area contributed by atoms with Crippen molar-refractivity contribution in [3.63, 3.8) is 0 Å². The SMILES string of the molecule is O=C1CC(CS)CN1c1ncccc1O. The van der Waals surface area contributed by atoms with Gasteiger partial charge in [-0.25, -0.2) is 4.98 Å². The third kappa shape index (κ3) is 1.92. The quantitative estimate of drug-likeness (QED) is 0.739. The highest BCUT2D eigenvalue weighted by Crippen LogP contribution is 2.29. The van der Waals surface area contributed by atoms with E-state index in [1.165, 1.54) is 11.0 Å². The first-order valence-electron chi connectivity index (χ1n) is 4.77. The number of rotatable bonds is 2. The summed E-state index contributed by atoms with van der Waals surface area (Å²) in [5.41, 5.74) is 0. The van der Waals surface area contributed by atoms with Gasteiger partial charge < -0.3 is 5.11 Å². The number of hydrogen-bond acceptors (Lipinski definition) is 4. The van der Waals surface area contributed by atoms with Crippen molar-refractivity contribution in [3.05, 3.63) is 18.3 Å². The standard InChI is InChI=1S/C10H12N2O2S/c13-8-2-1-3-11-10(8)12-5-7(6-15)4-9(12)14/h1-3,7,13,15H,4-6H2. The molecule has 1 atom stereocenters. The van der Waals surface area contributed by atoms with Crippen molar-refractivity contribution in [2.45, 2.75) is 6.42 Å². The maximum Gasteiger partial charge on any atom is 0.228 e. The molecule has 0 saturated carbocycles. The van der Waals surface area contributed by atoms with Gasteiger partial charge in [0.25, 0.3) is 0 Å². The summed E-state index contributed by atoms with van der Waals surface area (Å²) in [6.07, 6.45) is 2.05. The molecule has 15 heavy (non-hydrogen) atoms. The van der Waals surface area contributed by atoms with Crippen molar-refractivity contribution in [2.75, 3.05) is 17.2 Å². The van der Waals surface area contributed by atoms with Gasteiger partial charge in [0.1, 0.15) is 0 Å². The van der Waals surface area contributed by atoms with Crippen LogP contribution in [0, 0.1) is 5.92 Å². The van der Waals surface area contributed by atoms with Crippen LogP contribution in [0.4, 0.5) is 5.82 Å². The van der Waals surface area contributed by atoms with Gasteiger partial charge in [0.15, 0.2) is 11.6 Å². The molecule has 80 valence electrons. The lowest BCUT2D eigenvalue weighted by Gasteiger charge is -2.15. The van der Waals surface area contributed by atoms with E-state index >= 15 is 0 Å². The molecule has 1 aromatic rings. The predicted molar refractivity (Wildman–Crippen MR) is 60.2 cm³/mol. The van der Waals surface area contributed by atoms with Crippen LogP contribution in [-0.4, -0.2) is 28.3 Å². The molecule has 0 aromatic carbocycles. The third-order valence-corrected chi connectivity index (χ3v) is 3.00. The normalized spacial score (nSPS) is 21.0. The van der Waals surface area contributed by atoms with Crippen molar-refractivity contribution in [2.24, 2.45) is 5.92 Å². The monoisotopic (exact) mass is 224 g/mol. The lowest BCUT2D eigenvalue weighted by Crippen LogP contribution is -2.25. The van der Waals surface area contributed by atoms with E-state index in [4.69, 9.17) is 0 Å². The molecule has 0 spiro atoms. The summed E-state index contributed by atoms with van der Waals surface area (Å²) in [6, 6.07) is 3.17. The fourth-order valence-corrected chi connectivity index (χ4v) is 1.95. The second-order valence-corrected chi connectivity index (χ2v) is 3.97. The lowest BCUT2D eigenvalue weighted by atomic mass is 10.1. The Morgan fingerprint density at radius 2 is 2.47 bits per heavy atom. The number of aromatic hydroxyl groups is 1. The molecular weight excluding hydrogens is 212 g/mol. The Morgan fingerprint density at radius 3 is 3.07 bits per heavy atom. The average Bonchev–Trinajstić information content (AvgIpc) is 2.60. The zero-order valence-corrected chi connectivity index (χ0v) is 9.02. The highest BCUT2D eigenvalue weighted by Gasteiger charge is 2.31. The first-order valence-corrected chi connectivity index (χ1v) is 5.41. The fourth-order valence-electron chi connectivity index (χ4n) is 1.71. The topological polar surface area (TPSA) is 53.4 Å². The molecule has 5 heteroatoms. The molecule has 1 amide bonds. The van der Waals surface area contributed by atoms with E-state index in [1.54, 1.807) is 12.3 Å². The number of thiol groups is 1. The number of anilines is 1. The minimum atomic E-state index is 0.00282. The fraction of sp³-hybridized carbons (Fsp3) is 0.400. The van der Waals surface area contributed by atoms with Crippen LogP contribution in [0.2, 0.25) is 0 Å². The number of carbonyl (C=O) groups excluding carboxylic acids is 1. The summed E-state index contributed by atoms with van der Waals surface area (Å²) in [4.78, 5) is 17.2. The van der Waals surface area contributed by atoms with Crippen LogP contribution in [-0.2, 0) is 4.79 Å². The van der Waals surface area contributed by atoms with Gasteiger partial charge in [-0.3, -0.25) is 9.69 Å². The number of pyridine rings is 1. The Hall–Kier alpha value is -1.23. The van der Waals surface area contributed by atoms with Gasteiger partial charge in [0, 0.05) is 19.2 Å². The van der Waals surface area contributed by atoms with Crippen molar-refractivity contribution < 1.29 is 9.90 Å². The number of amides is 1. The summed E-state index contributed by atoms with van der Waals surface area (Å²) >= 11 is 4.17. The Balaban J connectivity index is 2.25. The van der Waals surface area contributed by atoms with Crippen molar-refractivity contribution in [3.8, 4) is 5.75 Å². The average molecular weight is 224 g/mol. The van der Waals surface area contributed by atoms with Crippen LogP contribution >= 0.6 is 12.6 Å². The Morgan fingerprint density at radius 1 is 1.67 bits per heavy atom. The highest BCUT2D eigenvalue weighted by molar-refractivity contribution is 7.80. The van der Waals surface area contributed by atoms with Gasteiger partial charge in [-0.05, 0) is 23.8 Å². The van der Waals surface area contributed by atoms with Crippen LogP contribution in [0.25, 0.3) is 0 Å². The number of hydrogen-bond donors (Lipinski definition) is 2. The molecule has 0 aliphatic carbocycles. The lowest BCUT2D eigenvalue weighted by molar-refractivity contribution is -0.117. The zero-order valence-electron chi connectivity index (χ0n) is 8.13. The van der Waals surface area contributed by atoms with Crippen molar-refractivity contribution in [1.29, 1.82) is 0 Å². The first kappa shape index (κ1) is 10.3. The molecule has 1 aliphatic rings. The number of aromatic nitrogens is 1. The largest absolute Gasteiger partial charge is 0.504 e. The Kier molecular flexibility index (Phi) is 2.81. The molecule has 0 radical (unpaired) electrons. The minimum Gasteiger partial charge on any atom is -0.504 e. The van der Waals surface area contributed by atoms with Crippen LogP contribution in [0.5, 0.6) is 5.75 Å². The second kappa shape index (κ2) is 4.10. The first-order chi connectivity index (χ1) is 7.22. The molecule has 1 aliphatic heterocycles. The van der Waals surface area contributed by atoms with E-state index in [0.717, 1.165) is 0 Å². The van der Waals surface area contributed by atoms with Crippen molar-refractivity contribution in [1.82, 2.24) is 4.98 Å². The second-order valence-electron chi connectivity index (χ2n) is 3.60. The summed E-state index contributed by atoms with van der Waals surface area (Å²) < 4.78 is 0. The summed E-state index contributed by atoms with van der Waals surface area (Å²) in [5.74, 6) is 1.33. The van der Waals surface area contributed by atoms with Gasteiger partial charge in [0.2, 0.25) is 5.91 Å². The maximum atomic E-state index is 11.6. The molecule has 0 bridgehead atoms. The van der Waals surface area contributed by atoms with E-state index in [-0.39, 0.29) is 17.6 Å². The number of carbonyl (C=O) groups is 1. The van der Waals surface area contributed by atoms with Crippen LogP contribution in [0.3, 0.4) is 0 Å².